The van der Waals surface area contributed by atoms with Crippen LogP contribution in [0.25, 0.3) is 10.8 Å². The molecule has 0 saturated heterocycles. The fourth-order valence-corrected chi connectivity index (χ4v) is 1.64. The van der Waals surface area contributed by atoms with Crippen LogP contribution in [0.3, 0.4) is 0 Å². The smallest absolute Gasteiger partial charge is 0.0888 e. The fraction of sp³-hybridized carbons (Fsp3) is 0.308. The number of fused-ring (bicyclic) bond motifs is 1. The van der Waals surface area contributed by atoms with Gasteiger partial charge in [-0.3, -0.25) is 4.98 Å². The number of hydrogen-bond donors (Lipinski definition) is 1. The fourth-order valence-electron chi connectivity index (χ4n) is 1.64. The van der Waals surface area contributed by atoms with E-state index in [1.165, 1.54) is 0 Å². The molecule has 0 atom stereocenters. The summed E-state index contributed by atoms with van der Waals surface area (Å²) in [5, 5.41) is 2.12. The van der Waals surface area contributed by atoms with E-state index in [0.717, 1.165) is 35.2 Å². The van der Waals surface area contributed by atoms with Crippen molar-refractivity contribution >= 4 is 16.5 Å². The van der Waals surface area contributed by atoms with Crippen LogP contribution in [0.4, 0.5) is 5.69 Å². The molecule has 0 unspecified atom stereocenters. The number of pyridine rings is 1. The number of aromatic nitrogens is 1. The molecule has 1 heterocycles. The molecule has 3 nitrogen and oxygen atoms in total. The van der Waals surface area contributed by atoms with E-state index >= 15 is 0 Å². The molecule has 1 aromatic carbocycles. The first-order chi connectivity index (χ1) is 7.81. The average Bonchev–Trinajstić information content (AvgIpc) is 2.30. The number of nitrogens with zero attached hydrogens (tertiary/aromatic N) is 1. The molecule has 0 fully saturated rings. The lowest BCUT2D eigenvalue weighted by Gasteiger charge is -2.05. The van der Waals surface area contributed by atoms with E-state index in [2.05, 4.69) is 11.9 Å². The van der Waals surface area contributed by atoms with Crippen molar-refractivity contribution in [2.75, 3.05) is 12.3 Å². The van der Waals surface area contributed by atoms with Gasteiger partial charge in [0.2, 0.25) is 0 Å². The number of nitrogen functional groups attached to an aromatic ring is 1. The normalized spacial score (nSPS) is 10.8. The predicted molar refractivity (Wildman–Crippen MR) is 66.1 cm³/mol. The van der Waals surface area contributed by atoms with Gasteiger partial charge in [-0.25, -0.2) is 0 Å². The number of benzene rings is 1. The first-order valence-corrected chi connectivity index (χ1v) is 5.52. The first kappa shape index (κ1) is 10.9. The van der Waals surface area contributed by atoms with E-state index in [0.29, 0.717) is 6.61 Å². The van der Waals surface area contributed by atoms with Gasteiger partial charge in [0.15, 0.2) is 0 Å². The highest BCUT2D eigenvalue weighted by Crippen LogP contribution is 2.20. The third kappa shape index (κ3) is 2.31. The molecule has 0 saturated carbocycles. The van der Waals surface area contributed by atoms with E-state index < -0.39 is 0 Å². The van der Waals surface area contributed by atoms with E-state index in [1.807, 2.05) is 30.5 Å². The summed E-state index contributed by atoms with van der Waals surface area (Å²) >= 11 is 0. The molecule has 1 aromatic heterocycles. The summed E-state index contributed by atoms with van der Waals surface area (Å²) in [6.45, 7) is 3.41. The zero-order valence-electron chi connectivity index (χ0n) is 9.44. The molecule has 0 aliphatic carbocycles. The van der Waals surface area contributed by atoms with Crippen molar-refractivity contribution in [3.8, 4) is 0 Å². The third-order valence-electron chi connectivity index (χ3n) is 2.45. The lowest BCUT2D eigenvalue weighted by molar-refractivity contribution is 0.119. The lowest BCUT2D eigenvalue weighted by atomic mass is 10.1. The molecule has 0 aliphatic rings. The highest BCUT2D eigenvalue weighted by molar-refractivity contribution is 5.92. The number of hydrogen-bond acceptors (Lipinski definition) is 3. The van der Waals surface area contributed by atoms with Gasteiger partial charge in [-0.1, -0.05) is 19.1 Å². The van der Waals surface area contributed by atoms with E-state index in [4.69, 9.17) is 10.5 Å². The molecule has 2 N–H and O–H groups in total. The topological polar surface area (TPSA) is 48.1 Å². The van der Waals surface area contributed by atoms with Crippen LogP contribution in [0.5, 0.6) is 0 Å². The van der Waals surface area contributed by atoms with Crippen molar-refractivity contribution in [3.63, 3.8) is 0 Å². The summed E-state index contributed by atoms with van der Waals surface area (Å²) in [6, 6.07) is 7.85. The zero-order valence-corrected chi connectivity index (χ0v) is 9.44. The van der Waals surface area contributed by atoms with Gasteiger partial charge in [0, 0.05) is 29.3 Å². The maximum Gasteiger partial charge on any atom is 0.0888 e. The van der Waals surface area contributed by atoms with Crippen molar-refractivity contribution in [1.82, 2.24) is 4.98 Å². The lowest BCUT2D eigenvalue weighted by Crippen LogP contribution is -1.97. The Morgan fingerprint density at radius 3 is 3.06 bits per heavy atom. The van der Waals surface area contributed by atoms with Crippen LogP contribution < -0.4 is 5.73 Å². The molecule has 0 radical (unpaired) electrons. The Bertz CT molecular complexity index is 482. The molecule has 84 valence electrons. The predicted octanol–water partition coefficient (Wildman–Crippen LogP) is 2.74. The number of ether oxygens (including phenoxy) is 1. The van der Waals surface area contributed by atoms with Crippen LogP contribution in [-0.4, -0.2) is 11.6 Å². The molecule has 0 bridgehead atoms. The molecule has 2 rings (SSSR count). The number of anilines is 1. The van der Waals surface area contributed by atoms with Crippen molar-refractivity contribution in [3.05, 3.63) is 36.2 Å². The first-order valence-electron chi connectivity index (χ1n) is 5.52. The minimum Gasteiger partial charge on any atom is -0.398 e. The minimum atomic E-state index is 0.554. The summed E-state index contributed by atoms with van der Waals surface area (Å²) in [5.74, 6) is 0. The Labute approximate surface area is 95.2 Å². The van der Waals surface area contributed by atoms with Crippen molar-refractivity contribution in [2.45, 2.75) is 20.0 Å². The quantitative estimate of drug-likeness (QED) is 0.631. The summed E-state index contributed by atoms with van der Waals surface area (Å²) in [7, 11) is 0. The molecule has 0 amide bonds. The molecule has 0 spiro atoms. The summed E-state index contributed by atoms with van der Waals surface area (Å²) in [5.41, 5.74) is 7.63. The minimum absolute atomic E-state index is 0.554. The monoisotopic (exact) mass is 216 g/mol. The van der Waals surface area contributed by atoms with E-state index in [9.17, 15) is 0 Å². The van der Waals surface area contributed by atoms with E-state index in [1.54, 1.807) is 0 Å². The summed E-state index contributed by atoms with van der Waals surface area (Å²) in [4.78, 5) is 4.34. The maximum absolute atomic E-state index is 5.91. The third-order valence-corrected chi connectivity index (χ3v) is 2.45. The van der Waals surface area contributed by atoms with Crippen LogP contribution in [0.2, 0.25) is 0 Å². The second-order valence-electron chi connectivity index (χ2n) is 3.80. The Balaban J connectivity index is 2.25. The van der Waals surface area contributed by atoms with Gasteiger partial charge in [0.1, 0.15) is 0 Å². The van der Waals surface area contributed by atoms with Crippen molar-refractivity contribution in [1.29, 1.82) is 0 Å². The molecule has 2 aromatic rings. The SMILES string of the molecule is CCCOCc1cc2c(N)cccc2cn1. The molecule has 3 heteroatoms. The van der Waals surface area contributed by atoms with Crippen LogP contribution >= 0.6 is 0 Å². The standard InChI is InChI=1S/C13H16N2O/c1-2-6-16-9-11-7-12-10(8-15-11)4-3-5-13(12)14/h3-5,7-8H,2,6,9,14H2,1H3. The van der Waals surface area contributed by atoms with Gasteiger partial charge in [0.05, 0.1) is 12.3 Å². The Kier molecular flexibility index (Phi) is 3.37. The molecule has 16 heavy (non-hydrogen) atoms. The highest BCUT2D eigenvalue weighted by atomic mass is 16.5. The van der Waals surface area contributed by atoms with Crippen molar-refractivity contribution in [2.24, 2.45) is 0 Å². The van der Waals surface area contributed by atoms with Gasteiger partial charge in [-0.2, -0.15) is 0 Å². The Morgan fingerprint density at radius 2 is 2.25 bits per heavy atom. The molecule has 0 aliphatic heterocycles. The number of nitrogens with two attached hydrogens (primary N) is 1. The molecular formula is C13H16N2O. The van der Waals surface area contributed by atoms with Crippen LogP contribution in [0.1, 0.15) is 19.0 Å². The second-order valence-corrected chi connectivity index (χ2v) is 3.80. The number of rotatable bonds is 4. The Hall–Kier alpha value is -1.61. The van der Waals surface area contributed by atoms with Gasteiger partial charge in [-0.05, 0) is 18.6 Å². The van der Waals surface area contributed by atoms with Gasteiger partial charge in [-0.15, -0.1) is 0 Å². The van der Waals surface area contributed by atoms with Crippen molar-refractivity contribution < 1.29 is 4.74 Å². The Morgan fingerprint density at radius 1 is 1.38 bits per heavy atom. The summed E-state index contributed by atoms with van der Waals surface area (Å²) < 4.78 is 5.45. The van der Waals surface area contributed by atoms with Crippen LogP contribution in [0.15, 0.2) is 30.5 Å². The van der Waals surface area contributed by atoms with Crippen LogP contribution in [-0.2, 0) is 11.3 Å². The maximum atomic E-state index is 5.91. The van der Waals surface area contributed by atoms with Gasteiger partial charge >= 0.3 is 0 Å². The van der Waals surface area contributed by atoms with Crippen LogP contribution in [0, 0.1) is 0 Å². The van der Waals surface area contributed by atoms with Gasteiger partial charge in [0.25, 0.3) is 0 Å². The largest absolute Gasteiger partial charge is 0.398 e. The molecular weight excluding hydrogens is 200 g/mol. The highest BCUT2D eigenvalue weighted by Gasteiger charge is 2.00. The second kappa shape index (κ2) is 4.94. The van der Waals surface area contributed by atoms with Gasteiger partial charge < -0.3 is 10.5 Å². The summed E-state index contributed by atoms with van der Waals surface area (Å²) in [6.07, 6.45) is 2.87. The average molecular weight is 216 g/mol. The zero-order chi connectivity index (χ0) is 11.4. The van der Waals surface area contributed by atoms with E-state index in [-0.39, 0.29) is 0 Å².